The lowest BCUT2D eigenvalue weighted by Gasteiger charge is -2.24. The number of hydrogen-bond donors (Lipinski definition) is 5. The number of rotatable bonds is 13. The number of aliphatic hydroxyl groups is 3. The van der Waals surface area contributed by atoms with Gasteiger partial charge in [0.1, 0.15) is 0 Å². The van der Waals surface area contributed by atoms with E-state index in [4.69, 9.17) is 43.6 Å². The van der Waals surface area contributed by atoms with Crippen molar-refractivity contribution < 1.29 is 48.3 Å². The van der Waals surface area contributed by atoms with E-state index >= 15 is 0 Å². The Morgan fingerprint density at radius 3 is 1.81 bits per heavy atom. The van der Waals surface area contributed by atoms with Gasteiger partial charge in [-0.15, -0.1) is 0 Å². The molecule has 3 rings (SSSR count). The van der Waals surface area contributed by atoms with Crippen LogP contribution < -0.4 is 0 Å². The summed E-state index contributed by atoms with van der Waals surface area (Å²) in [6.07, 6.45) is -4.96. The summed E-state index contributed by atoms with van der Waals surface area (Å²) < 4.78 is 40.3. The fraction of sp³-hybridized carbons (Fsp3) is 0.467. The number of fused-ring (bicyclic) bond motifs is 3. The Morgan fingerprint density at radius 2 is 1.33 bits per heavy atom. The molecule has 0 fully saturated rings. The highest BCUT2D eigenvalue weighted by molar-refractivity contribution is 6.39. The number of benzene rings is 3. The van der Waals surface area contributed by atoms with Gasteiger partial charge in [0.15, 0.2) is 12.2 Å². The fourth-order valence-electron chi connectivity index (χ4n) is 4.49. The summed E-state index contributed by atoms with van der Waals surface area (Å²) in [5, 5.41) is 46.4. The van der Waals surface area contributed by atoms with Crippen molar-refractivity contribution in [2.45, 2.75) is 70.4 Å². The Kier molecular flexibility index (Phi) is 13.9. The molecule has 0 aromatic heterocycles. The number of unbranched alkanes of at least 4 members (excludes halogenated alkanes) is 2. The molecule has 5 N–H and O–H groups in total. The molecule has 8 nitrogen and oxygen atoms in total. The van der Waals surface area contributed by atoms with Crippen LogP contribution in [0.1, 0.15) is 63.2 Å². The zero-order valence-electron chi connectivity index (χ0n) is 23.7. The van der Waals surface area contributed by atoms with E-state index in [1.54, 1.807) is 18.2 Å². The normalized spacial score (nSPS) is 13.9. The number of carboxylic acids is 2. The third-order valence-corrected chi connectivity index (χ3v) is 7.41. The van der Waals surface area contributed by atoms with Crippen molar-refractivity contribution in [1.29, 1.82) is 0 Å². The smallest absolute Gasteiger partial charge is 0.416 e. The molecule has 13 heteroatoms. The number of hydrogen-bond acceptors (Lipinski definition) is 6. The van der Waals surface area contributed by atoms with Crippen LogP contribution in [0.3, 0.4) is 0 Å². The second-order valence-electron chi connectivity index (χ2n) is 10.1. The van der Waals surface area contributed by atoms with E-state index in [1.807, 2.05) is 0 Å². The van der Waals surface area contributed by atoms with Gasteiger partial charge in [-0.05, 0) is 84.4 Å². The minimum absolute atomic E-state index is 0.345. The Labute approximate surface area is 257 Å². The molecule has 0 aliphatic rings. The van der Waals surface area contributed by atoms with Gasteiger partial charge in [0, 0.05) is 22.0 Å². The molecule has 3 aromatic carbocycles. The van der Waals surface area contributed by atoms with Gasteiger partial charge in [0.25, 0.3) is 0 Å². The van der Waals surface area contributed by atoms with Gasteiger partial charge in [-0.1, -0.05) is 56.0 Å². The standard InChI is InChI=1S/C26H30Cl2F3NO.C4H6O6/c1-3-5-10-32(11-6-4-2)12-9-25(33)23-16-22-21(14-18(27)15-24(22)28)20-13-17(26(29,30)31)7-8-19(20)23;5-1(3(7)8)2(6)4(9)10/h7-8,13-16,25,33H,3-6,9-12H2,1-2H3;1-2,5-6H,(H,7,8)(H,9,10). The second kappa shape index (κ2) is 16.4. The van der Waals surface area contributed by atoms with Gasteiger partial charge in [-0.25, -0.2) is 9.59 Å². The molecule has 0 amide bonds. The van der Waals surface area contributed by atoms with Crippen molar-refractivity contribution in [2.24, 2.45) is 0 Å². The monoisotopic (exact) mass is 649 g/mol. The minimum atomic E-state index is -4.48. The van der Waals surface area contributed by atoms with E-state index < -0.39 is 42.0 Å². The Hall–Kier alpha value is -2.67. The molecule has 0 saturated carbocycles. The molecule has 3 atom stereocenters. The molecule has 0 spiro atoms. The van der Waals surface area contributed by atoms with Crippen LogP contribution in [-0.2, 0) is 15.8 Å². The highest BCUT2D eigenvalue weighted by Gasteiger charge is 2.31. The largest absolute Gasteiger partial charge is 0.479 e. The molecule has 43 heavy (non-hydrogen) atoms. The molecule has 0 aliphatic carbocycles. The SMILES string of the molecule is CCCCN(CCCC)CCC(O)c1cc2c(Cl)cc(Cl)cc2c2cc(C(F)(F)F)ccc12.O=C(O)C(O)C(O)C(=O)O. The molecule has 0 heterocycles. The van der Waals surface area contributed by atoms with Crippen LogP contribution >= 0.6 is 23.2 Å². The molecule has 3 aromatic rings. The van der Waals surface area contributed by atoms with E-state index in [0.29, 0.717) is 43.6 Å². The van der Waals surface area contributed by atoms with Crippen molar-refractivity contribution in [1.82, 2.24) is 4.90 Å². The average Bonchev–Trinajstić information content (AvgIpc) is 2.94. The minimum Gasteiger partial charge on any atom is -0.479 e. The summed E-state index contributed by atoms with van der Waals surface area (Å²) in [6, 6.07) is 8.60. The third kappa shape index (κ3) is 10.2. The molecule has 3 unspecified atom stereocenters. The van der Waals surface area contributed by atoms with Crippen molar-refractivity contribution >= 4 is 56.7 Å². The number of alkyl halides is 3. The zero-order valence-corrected chi connectivity index (χ0v) is 25.3. The number of carboxylic acid groups (broad SMARTS) is 2. The Morgan fingerprint density at radius 1 is 0.791 bits per heavy atom. The van der Waals surface area contributed by atoms with Crippen molar-refractivity contribution in [3.05, 3.63) is 57.6 Å². The quantitative estimate of drug-likeness (QED) is 0.132. The number of halogens is 5. The van der Waals surface area contributed by atoms with E-state index in [0.717, 1.165) is 57.5 Å². The molecular formula is C30H36Cl2F3NO7. The van der Waals surface area contributed by atoms with Crippen LogP contribution in [0.5, 0.6) is 0 Å². The first-order valence-corrected chi connectivity index (χ1v) is 14.5. The summed E-state index contributed by atoms with van der Waals surface area (Å²) in [6.45, 7) is 6.97. The maximum Gasteiger partial charge on any atom is 0.416 e. The molecule has 0 radical (unpaired) electrons. The highest BCUT2D eigenvalue weighted by Crippen LogP contribution is 2.40. The lowest BCUT2D eigenvalue weighted by atomic mass is 9.92. The van der Waals surface area contributed by atoms with E-state index in [2.05, 4.69) is 18.7 Å². The van der Waals surface area contributed by atoms with Crippen LogP contribution in [0.4, 0.5) is 13.2 Å². The maximum atomic E-state index is 13.4. The first-order valence-electron chi connectivity index (χ1n) is 13.8. The van der Waals surface area contributed by atoms with Crippen molar-refractivity contribution in [3.8, 4) is 0 Å². The van der Waals surface area contributed by atoms with Crippen LogP contribution in [0.15, 0.2) is 36.4 Å². The summed E-state index contributed by atoms with van der Waals surface area (Å²) in [7, 11) is 0. The van der Waals surface area contributed by atoms with Gasteiger partial charge >= 0.3 is 18.1 Å². The van der Waals surface area contributed by atoms with Gasteiger partial charge in [0.2, 0.25) is 0 Å². The average molecular weight is 651 g/mol. The maximum absolute atomic E-state index is 13.4. The van der Waals surface area contributed by atoms with Crippen LogP contribution in [0.2, 0.25) is 10.0 Å². The van der Waals surface area contributed by atoms with Gasteiger partial charge in [-0.2, -0.15) is 13.2 Å². The Bertz CT molecular complexity index is 1380. The van der Waals surface area contributed by atoms with Crippen LogP contribution in [0.25, 0.3) is 21.5 Å². The van der Waals surface area contributed by atoms with Crippen molar-refractivity contribution in [2.75, 3.05) is 19.6 Å². The Balaban J connectivity index is 0.000000553. The van der Waals surface area contributed by atoms with Gasteiger partial charge in [-0.3, -0.25) is 0 Å². The summed E-state index contributed by atoms with van der Waals surface area (Å²) in [4.78, 5) is 21.9. The molecule has 0 saturated heterocycles. The highest BCUT2D eigenvalue weighted by atomic mass is 35.5. The molecule has 238 valence electrons. The zero-order chi connectivity index (χ0) is 32.5. The van der Waals surface area contributed by atoms with E-state index in [-0.39, 0.29) is 0 Å². The number of aliphatic carboxylic acids is 2. The second-order valence-corrected chi connectivity index (χ2v) is 11.0. The predicted molar refractivity (Wildman–Crippen MR) is 160 cm³/mol. The molecule has 0 aliphatic heterocycles. The fourth-order valence-corrected chi connectivity index (χ4v) is 5.04. The first-order chi connectivity index (χ1) is 20.1. The first kappa shape index (κ1) is 36.5. The van der Waals surface area contributed by atoms with E-state index in [9.17, 15) is 27.9 Å². The van der Waals surface area contributed by atoms with Crippen LogP contribution in [0, 0.1) is 0 Å². The number of nitrogens with zero attached hydrogens (tertiary/aromatic N) is 1. The lowest BCUT2D eigenvalue weighted by molar-refractivity contribution is -0.165. The van der Waals surface area contributed by atoms with Crippen molar-refractivity contribution in [3.63, 3.8) is 0 Å². The topological polar surface area (TPSA) is 139 Å². The third-order valence-electron chi connectivity index (χ3n) is 6.88. The summed E-state index contributed by atoms with van der Waals surface area (Å²) in [5.74, 6) is -3.54. The number of carbonyl (C=O) groups is 2. The molecular weight excluding hydrogens is 614 g/mol. The molecule has 0 bridgehead atoms. The van der Waals surface area contributed by atoms with Gasteiger partial charge in [0.05, 0.1) is 11.7 Å². The number of aliphatic hydroxyl groups excluding tert-OH is 3. The van der Waals surface area contributed by atoms with Crippen LogP contribution in [-0.4, -0.2) is 74.2 Å². The summed E-state index contributed by atoms with van der Waals surface area (Å²) >= 11 is 12.6. The van der Waals surface area contributed by atoms with E-state index in [1.165, 1.54) is 6.07 Å². The summed E-state index contributed by atoms with van der Waals surface area (Å²) in [5.41, 5.74) is -0.161. The lowest BCUT2D eigenvalue weighted by Crippen LogP contribution is -2.39. The van der Waals surface area contributed by atoms with Gasteiger partial charge < -0.3 is 30.4 Å². The predicted octanol–water partition coefficient (Wildman–Crippen LogP) is 6.52.